The summed E-state index contributed by atoms with van der Waals surface area (Å²) < 4.78 is 12.2. The number of aliphatic hydroxyl groups excluding tert-OH is 1. The van der Waals surface area contributed by atoms with Crippen LogP contribution in [0.1, 0.15) is 62.0 Å². The molecule has 0 spiro atoms. The van der Waals surface area contributed by atoms with Gasteiger partial charge in [-0.15, -0.1) is 0 Å². The van der Waals surface area contributed by atoms with Crippen molar-refractivity contribution in [3.63, 3.8) is 0 Å². The lowest BCUT2D eigenvalue weighted by molar-refractivity contribution is -0.142. The lowest BCUT2D eigenvalue weighted by Crippen LogP contribution is -2.47. The minimum atomic E-state index is -0.519. The molecule has 8 nitrogen and oxygen atoms in total. The number of rotatable bonds is 7. The first-order chi connectivity index (χ1) is 17.6. The zero-order chi connectivity index (χ0) is 24.9. The van der Waals surface area contributed by atoms with Crippen LogP contribution in [-0.2, 0) is 16.1 Å². The summed E-state index contributed by atoms with van der Waals surface area (Å²) in [6.45, 7) is 0.276. The van der Waals surface area contributed by atoms with Gasteiger partial charge in [-0.3, -0.25) is 4.79 Å². The number of fused-ring (bicyclic) bond motifs is 3. The first kappa shape index (κ1) is 24.6. The van der Waals surface area contributed by atoms with Crippen molar-refractivity contribution in [2.45, 2.75) is 81.8 Å². The summed E-state index contributed by atoms with van der Waals surface area (Å²) in [6, 6.07) is 15.5. The van der Waals surface area contributed by atoms with Crippen LogP contribution in [0.25, 0.3) is 0 Å². The van der Waals surface area contributed by atoms with Crippen LogP contribution >= 0.6 is 0 Å². The Morgan fingerprint density at radius 1 is 1.03 bits per heavy atom. The van der Waals surface area contributed by atoms with Gasteiger partial charge < -0.3 is 30.5 Å². The van der Waals surface area contributed by atoms with E-state index in [1.54, 1.807) is 0 Å². The van der Waals surface area contributed by atoms with Gasteiger partial charge in [-0.2, -0.15) is 0 Å². The second-order valence-corrected chi connectivity index (χ2v) is 10.1. The van der Waals surface area contributed by atoms with Crippen molar-refractivity contribution in [3.8, 4) is 5.75 Å². The number of carbonyl (C=O) groups excluding carboxylic acids is 2. The largest absolute Gasteiger partial charge is 0.487 e. The number of nitrogens with one attached hydrogen (secondary N) is 3. The van der Waals surface area contributed by atoms with Gasteiger partial charge in [-0.25, -0.2) is 4.79 Å². The Morgan fingerprint density at radius 3 is 2.61 bits per heavy atom. The monoisotopic (exact) mass is 493 g/mol. The Kier molecular flexibility index (Phi) is 7.72. The molecule has 2 aromatic rings. The third-order valence-electron chi connectivity index (χ3n) is 7.44. The Bertz CT molecular complexity index is 1060. The number of anilines is 1. The summed E-state index contributed by atoms with van der Waals surface area (Å²) >= 11 is 0. The van der Waals surface area contributed by atoms with E-state index < -0.39 is 6.10 Å². The highest BCUT2D eigenvalue weighted by molar-refractivity contribution is 5.89. The van der Waals surface area contributed by atoms with Crippen LogP contribution in [0.3, 0.4) is 0 Å². The molecule has 1 aliphatic carbocycles. The molecule has 0 aromatic heterocycles. The van der Waals surface area contributed by atoms with Gasteiger partial charge in [0, 0.05) is 29.8 Å². The van der Waals surface area contributed by atoms with E-state index in [1.807, 2.05) is 48.5 Å². The second kappa shape index (κ2) is 11.3. The van der Waals surface area contributed by atoms with E-state index in [0.717, 1.165) is 42.6 Å². The standard InChI is InChI=1S/C28H35N3O5/c32-17-25-27-23(14-21(35-25)15-26(33)29-16-18-7-3-1-4-8-18)22-13-20(11-12-24(22)36-27)31-28(34)30-19-9-5-2-6-10-19/h1,3-4,7-8,11-13,19,21,23,25,27,32H,2,5-6,9-10,14-17H2,(H,29,33)(H2,30,31,34)/t21-,23-,25+,27+/m0/s1. The molecule has 36 heavy (non-hydrogen) atoms. The summed E-state index contributed by atoms with van der Waals surface area (Å²) in [6.07, 6.45) is 5.24. The summed E-state index contributed by atoms with van der Waals surface area (Å²) in [4.78, 5) is 25.2. The molecule has 8 heteroatoms. The SMILES string of the molecule is O=C(C[C@@H]1C[C@H]2c3cc(NC(=O)NC4CCCCC4)ccc3O[C@H]2[C@@H](CO)O1)NCc1ccccc1. The van der Waals surface area contributed by atoms with Crippen molar-refractivity contribution in [2.24, 2.45) is 0 Å². The molecule has 1 saturated heterocycles. The van der Waals surface area contributed by atoms with Gasteiger partial charge in [-0.05, 0) is 43.0 Å². The number of hydrogen-bond donors (Lipinski definition) is 4. The fourth-order valence-corrected chi connectivity index (χ4v) is 5.64. The number of carbonyl (C=O) groups is 2. The second-order valence-electron chi connectivity index (χ2n) is 10.1. The highest BCUT2D eigenvalue weighted by atomic mass is 16.6. The molecule has 192 valence electrons. The molecular formula is C28H35N3O5. The highest BCUT2D eigenvalue weighted by Gasteiger charge is 2.46. The summed E-state index contributed by atoms with van der Waals surface area (Å²) in [5.74, 6) is 0.619. The summed E-state index contributed by atoms with van der Waals surface area (Å²) in [5, 5.41) is 19.0. The van der Waals surface area contributed by atoms with Gasteiger partial charge in [0.2, 0.25) is 5.91 Å². The Labute approximate surface area is 211 Å². The number of hydrogen-bond acceptors (Lipinski definition) is 5. The maximum absolute atomic E-state index is 12.6. The van der Waals surface area contributed by atoms with Crippen LogP contribution in [0.5, 0.6) is 5.75 Å². The van der Waals surface area contributed by atoms with Crippen LogP contribution in [0.4, 0.5) is 10.5 Å². The first-order valence-electron chi connectivity index (χ1n) is 13.0. The highest BCUT2D eigenvalue weighted by Crippen LogP contribution is 2.47. The molecule has 0 radical (unpaired) electrons. The van der Waals surface area contributed by atoms with E-state index in [2.05, 4.69) is 16.0 Å². The fourth-order valence-electron chi connectivity index (χ4n) is 5.64. The van der Waals surface area contributed by atoms with Crippen LogP contribution in [0.15, 0.2) is 48.5 Å². The minimum Gasteiger partial charge on any atom is -0.487 e. The number of benzene rings is 2. The Morgan fingerprint density at radius 2 is 1.83 bits per heavy atom. The van der Waals surface area contributed by atoms with Crippen LogP contribution < -0.4 is 20.7 Å². The molecule has 0 bridgehead atoms. The molecule has 3 amide bonds. The lowest BCUT2D eigenvalue weighted by atomic mass is 9.84. The topological polar surface area (TPSA) is 109 Å². The lowest BCUT2D eigenvalue weighted by Gasteiger charge is -2.37. The fraction of sp³-hybridized carbons (Fsp3) is 0.500. The molecule has 2 heterocycles. The van der Waals surface area contributed by atoms with Gasteiger partial charge >= 0.3 is 6.03 Å². The normalized spacial score (nSPS) is 25.2. The van der Waals surface area contributed by atoms with Crippen molar-refractivity contribution in [1.29, 1.82) is 0 Å². The molecule has 2 aliphatic heterocycles. The van der Waals surface area contributed by atoms with Crippen LogP contribution in [0.2, 0.25) is 0 Å². The number of aliphatic hydroxyl groups is 1. The van der Waals surface area contributed by atoms with E-state index >= 15 is 0 Å². The average Bonchev–Trinajstić information content (AvgIpc) is 3.26. The van der Waals surface area contributed by atoms with E-state index in [0.29, 0.717) is 18.7 Å². The van der Waals surface area contributed by atoms with Crippen LogP contribution in [-0.4, -0.2) is 48.0 Å². The minimum absolute atomic E-state index is 0.0269. The Hall–Kier alpha value is -3.10. The smallest absolute Gasteiger partial charge is 0.319 e. The maximum Gasteiger partial charge on any atom is 0.319 e. The molecular weight excluding hydrogens is 458 g/mol. The number of amides is 3. The third-order valence-corrected chi connectivity index (χ3v) is 7.44. The zero-order valence-corrected chi connectivity index (χ0v) is 20.4. The van der Waals surface area contributed by atoms with Gasteiger partial charge in [0.05, 0.1) is 19.1 Å². The number of urea groups is 1. The van der Waals surface area contributed by atoms with E-state index in [4.69, 9.17) is 9.47 Å². The van der Waals surface area contributed by atoms with Crippen molar-refractivity contribution in [1.82, 2.24) is 10.6 Å². The number of ether oxygens (including phenoxy) is 2. The third kappa shape index (κ3) is 5.82. The maximum atomic E-state index is 12.6. The molecule has 4 N–H and O–H groups in total. The van der Waals surface area contributed by atoms with Gasteiger partial charge in [0.1, 0.15) is 18.0 Å². The summed E-state index contributed by atoms with van der Waals surface area (Å²) in [7, 11) is 0. The van der Waals surface area contributed by atoms with E-state index in [9.17, 15) is 14.7 Å². The van der Waals surface area contributed by atoms with Crippen LogP contribution in [0, 0.1) is 0 Å². The molecule has 4 atom stereocenters. The first-order valence-corrected chi connectivity index (χ1v) is 13.0. The van der Waals surface area contributed by atoms with Crippen molar-refractivity contribution < 1.29 is 24.2 Å². The van der Waals surface area contributed by atoms with Gasteiger partial charge in [0.15, 0.2) is 0 Å². The Balaban J connectivity index is 1.21. The van der Waals surface area contributed by atoms with Crippen molar-refractivity contribution >= 4 is 17.6 Å². The molecule has 5 rings (SSSR count). The van der Waals surface area contributed by atoms with Gasteiger partial charge in [-0.1, -0.05) is 49.6 Å². The average molecular weight is 494 g/mol. The molecule has 2 aromatic carbocycles. The predicted molar refractivity (Wildman–Crippen MR) is 136 cm³/mol. The van der Waals surface area contributed by atoms with Crippen molar-refractivity contribution in [3.05, 3.63) is 59.7 Å². The molecule has 0 unspecified atom stereocenters. The van der Waals surface area contributed by atoms with E-state index in [1.165, 1.54) is 6.42 Å². The zero-order valence-electron chi connectivity index (χ0n) is 20.4. The molecule has 3 aliphatic rings. The van der Waals surface area contributed by atoms with Gasteiger partial charge in [0.25, 0.3) is 0 Å². The quantitative estimate of drug-likeness (QED) is 0.469. The molecule has 1 saturated carbocycles. The van der Waals surface area contributed by atoms with E-state index in [-0.39, 0.29) is 49.1 Å². The predicted octanol–water partition coefficient (Wildman–Crippen LogP) is 3.84. The summed E-state index contributed by atoms with van der Waals surface area (Å²) in [5.41, 5.74) is 2.72. The van der Waals surface area contributed by atoms with Crippen molar-refractivity contribution in [2.75, 3.05) is 11.9 Å². The molecule has 2 fully saturated rings.